The van der Waals surface area contributed by atoms with Gasteiger partial charge in [0.25, 0.3) is 0 Å². The second kappa shape index (κ2) is 4.63. The van der Waals surface area contributed by atoms with Gasteiger partial charge >= 0.3 is 0 Å². The number of benzene rings is 2. The number of imidazole rings is 1. The molecule has 1 aliphatic heterocycles. The molecule has 0 amide bonds. The van der Waals surface area contributed by atoms with E-state index in [0.717, 1.165) is 11.0 Å². The van der Waals surface area contributed by atoms with Crippen molar-refractivity contribution in [2.24, 2.45) is 0 Å². The number of hydrogen-bond donors (Lipinski definition) is 0. The number of rotatable bonds is 3. The van der Waals surface area contributed by atoms with Gasteiger partial charge in [-0.2, -0.15) is 0 Å². The average Bonchev–Trinajstić information content (AvgIpc) is 3.13. The highest BCUT2D eigenvalue weighted by Crippen LogP contribution is 2.32. The van der Waals surface area contributed by atoms with E-state index in [-0.39, 0.29) is 19.1 Å². The van der Waals surface area contributed by atoms with E-state index in [0.29, 0.717) is 17.1 Å². The molecule has 2 heterocycles. The molecule has 0 atom stereocenters. The first-order valence-electron chi connectivity index (χ1n) is 6.64. The topological polar surface area (TPSA) is 53.4 Å². The van der Waals surface area contributed by atoms with Crippen LogP contribution in [-0.2, 0) is 6.54 Å². The molecule has 0 aliphatic carbocycles. The summed E-state index contributed by atoms with van der Waals surface area (Å²) in [6, 6.07) is 13.0. The molecular weight excluding hydrogens is 268 g/mol. The number of fused-ring (bicyclic) bond motifs is 2. The van der Waals surface area contributed by atoms with Crippen LogP contribution in [0.1, 0.15) is 10.4 Å². The second-order valence-corrected chi connectivity index (χ2v) is 4.85. The molecule has 0 bridgehead atoms. The van der Waals surface area contributed by atoms with Crippen LogP contribution in [0.25, 0.3) is 11.0 Å². The van der Waals surface area contributed by atoms with E-state index in [2.05, 4.69) is 4.98 Å². The largest absolute Gasteiger partial charge is 0.454 e. The Morgan fingerprint density at radius 1 is 1.14 bits per heavy atom. The lowest BCUT2D eigenvalue weighted by Crippen LogP contribution is -2.09. The summed E-state index contributed by atoms with van der Waals surface area (Å²) in [5.74, 6) is 1.31. The van der Waals surface area contributed by atoms with Gasteiger partial charge in [-0.1, -0.05) is 12.1 Å². The van der Waals surface area contributed by atoms with Crippen LogP contribution >= 0.6 is 0 Å². The SMILES string of the molecule is O=C(Cn1cnc2ccccc21)c1ccc2c(c1)OCO2. The molecule has 0 N–H and O–H groups in total. The number of nitrogens with zero attached hydrogens (tertiary/aromatic N) is 2. The van der Waals surface area contributed by atoms with E-state index in [1.54, 1.807) is 24.5 Å². The summed E-state index contributed by atoms with van der Waals surface area (Å²) >= 11 is 0. The van der Waals surface area contributed by atoms with Crippen LogP contribution in [0.15, 0.2) is 48.8 Å². The molecule has 0 radical (unpaired) electrons. The van der Waals surface area contributed by atoms with E-state index in [1.165, 1.54) is 0 Å². The fourth-order valence-corrected chi connectivity index (χ4v) is 2.45. The summed E-state index contributed by atoms with van der Waals surface area (Å²) < 4.78 is 12.4. The molecule has 0 fully saturated rings. The number of ether oxygens (including phenoxy) is 2. The molecule has 3 aromatic rings. The van der Waals surface area contributed by atoms with Crippen molar-refractivity contribution >= 4 is 16.8 Å². The van der Waals surface area contributed by atoms with Crippen molar-refractivity contribution in [2.45, 2.75) is 6.54 Å². The van der Waals surface area contributed by atoms with Crippen LogP contribution in [0.3, 0.4) is 0 Å². The number of aromatic nitrogens is 2. The van der Waals surface area contributed by atoms with Crippen LogP contribution in [0.5, 0.6) is 11.5 Å². The lowest BCUT2D eigenvalue weighted by Gasteiger charge is -2.05. The highest BCUT2D eigenvalue weighted by molar-refractivity contribution is 5.97. The van der Waals surface area contributed by atoms with Gasteiger partial charge in [-0.25, -0.2) is 4.98 Å². The lowest BCUT2D eigenvalue weighted by atomic mass is 10.1. The highest BCUT2D eigenvalue weighted by atomic mass is 16.7. The third-order valence-corrected chi connectivity index (χ3v) is 3.54. The Morgan fingerprint density at radius 2 is 2.00 bits per heavy atom. The van der Waals surface area contributed by atoms with Gasteiger partial charge in [0, 0.05) is 5.56 Å². The van der Waals surface area contributed by atoms with Crippen molar-refractivity contribution in [3.63, 3.8) is 0 Å². The Balaban J connectivity index is 1.63. The quantitative estimate of drug-likeness (QED) is 0.692. The van der Waals surface area contributed by atoms with E-state index in [9.17, 15) is 4.79 Å². The maximum atomic E-state index is 12.4. The Kier molecular flexibility index (Phi) is 2.64. The van der Waals surface area contributed by atoms with Crippen LogP contribution < -0.4 is 9.47 Å². The number of hydrogen-bond acceptors (Lipinski definition) is 4. The molecular formula is C16H12N2O3. The summed E-state index contributed by atoms with van der Waals surface area (Å²) in [5, 5.41) is 0. The molecule has 4 rings (SSSR count). The van der Waals surface area contributed by atoms with Crippen molar-refractivity contribution < 1.29 is 14.3 Å². The van der Waals surface area contributed by atoms with Gasteiger partial charge in [-0.05, 0) is 30.3 Å². The smallest absolute Gasteiger partial charge is 0.231 e. The van der Waals surface area contributed by atoms with Gasteiger partial charge in [0.1, 0.15) is 0 Å². The minimum absolute atomic E-state index is 0.0106. The lowest BCUT2D eigenvalue weighted by molar-refractivity contribution is 0.0973. The van der Waals surface area contributed by atoms with E-state index in [1.807, 2.05) is 28.8 Å². The Labute approximate surface area is 120 Å². The maximum Gasteiger partial charge on any atom is 0.231 e. The predicted octanol–water partition coefficient (Wildman–Crippen LogP) is 2.65. The number of Topliss-reactive ketones (excluding diaryl/α,β-unsaturated/α-hetero) is 1. The van der Waals surface area contributed by atoms with Gasteiger partial charge in [-0.15, -0.1) is 0 Å². The Morgan fingerprint density at radius 3 is 2.95 bits per heavy atom. The van der Waals surface area contributed by atoms with E-state index < -0.39 is 0 Å². The van der Waals surface area contributed by atoms with Gasteiger partial charge in [0.2, 0.25) is 6.79 Å². The van der Waals surface area contributed by atoms with Crippen LogP contribution in [0.2, 0.25) is 0 Å². The number of para-hydroxylation sites is 2. The van der Waals surface area contributed by atoms with Crippen LogP contribution in [0.4, 0.5) is 0 Å². The molecule has 21 heavy (non-hydrogen) atoms. The molecule has 2 aromatic carbocycles. The van der Waals surface area contributed by atoms with Gasteiger partial charge in [0.05, 0.1) is 23.9 Å². The molecule has 0 spiro atoms. The summed E-state index contributed by atoms with van der Waals surface area (Å²) in [5.41, 5.74) is 2.44. The number of ketones is 1. The van der Waals surface area contributed by atoms with E-state index in [4.69, 9.17) is 9.47 Å². The Bertz CT molecular complexity index is 838. The number of carbonyl (C=O) groups excluding carboxylic acids is 1. The zero-order valence-corrected chi connectivity index (χ0v) is 11.2. The normalized spacial score (nSPS) is 12.8. The molecule has 5 nitrogen and oxygen atoms in total. The Hall–Kier alpha value is -2.82. The fraction of sp³-hybridized carbons (Fsp3) is 0.125. The maximum absolute atomic E-state index is 12.4. The molecule has 5 heteroatoms. The first kappa shape index (κ1) is 12.0. The fourth-order valence-electron chi connectivity index (χ4n) is 2.45. The second-order valence-electron chi connectivity index (χ2n) is 4.85. The highest BCUT2D eigenvalue weighted by Gasteiger charge is 2.16. The van der Waals surface area contributed by atoms with Gasteiger partial charge in [0.15, 0.2) is 17.3 Å². The van der Waals surface area contributed by atoms with Gasteiger partial charge in [-0.3, -0.25) is 4.79 Å². The van der Waals surface area contributed by atoms with Crippen molar-refractivity contribution in [1.82, 2.24) is 9.55 Å². The van der Waals surface area contributed by atoms with Crippen LogP contribution in [0, 0.1) is 0 Å². The zero-order chi connectivity index (χ0) is 14.2. The minimum atomic E-state index is 0.0106. The van der Waals surface area contributed by atoms with E-state index >= 15 is 0 Å². The molecule has 0 saturated heterocycles. The molecule has 1 aromatic heterocycles. The number of carbonyl (C=O) groups is 1. The van der Waals surface area contributed by atoms with Crippen molar-refractivity contribution in [3.8, 4) is 11.5 Å². The van der Waals surface area contributed by atoms with Gasteiger partial charge < -0.3 is 14.0 Å². The third-order valence-electron chi connectivity index (χ3n) is 3.54. The monoisotopic (exact) mass is 280 g/mol. The van der Waals surface area contributed by atoms with Crippen molar-refractivity contribution in [3.05, 3.63) is 54.4 Å². The van der Waals surface area contributed by atoms with Crippen LogP contribution in [-0.4, -0.2) is 22.1 Å². The average molecular weight is 280 g/mol. The van der Waals surface area contributed by atoms with Crippen molar-refractivity contribution in [1.29, 1.82) is 0 Å². The minimum Gasteiger partial charge on any atom is -0.454 e. The summed E-state index contributed by atoms with van der Waals surface area (Å²) in [4.78, 5) is 16.7. The molecule has 1 aliphatic rings. The summed E-state index contributed by atoms with van der Waals surface area (Å²) in [6.07, 6.45) is 1.69. The first-order valence-corrected chi connectivity index (χ1v) is 6.64. The van der Waals surface area contributed by atoms with Crippen molar-refractivity contribution in [2.75, 3.05) is 6.79 Å². The molecule has 0 saturated carbocycles. The summed E-state index contributed by atoms with van der Waals surface area (Å²) in [7, 11) is 0. The zero-order valence-electron chi connectivity index (χ0n) is 11.2. The first-order chi connectivity index (χ1) is 10.3. The standard InChI is InChI=1S/C16H12N2O3/c19-14(11-5-6-15-16(7-11)21-10-20-15)8-18-9-17-12-3-1-2-4-13(12)18/h1-7,9H,8,10H2. The predicted molar refractivity (Wildman–Crippen MR) is 76.6 cm³/mol. The molecule has 0 unspecified atom stereocenters. The summed E-state index contributed by atoms with van der Waals surface area (Å²) in [6.45, 7) is 0.458. The third kappa shape index (κ3) is 2.03. The molecule has 104 valence electrons.